The molecule has 0 bridgehead atoms. The molecule has 0 aliphatic carbocycles. The Bertz CT molecular complexity index is 610. The van der Waals surface area contributed by atoms with Gasteiger partial charge < -0.3 is 4.52 Å². The van der Waals surface area contributed by atoms with Gasteiger partial charge in [0.25, 0.3) is 0 Å². The molecule has 0 aliphatic rings. The number of fused-ring (bicyclic) bond motifs is 1. The van der Waals surface area contributed by atoms with Gasteiger partial charge in [-0.1, -0.05) is 5.16 Å². The SMILES string of the molecule is Cc1nocc1-c1ccc2cn[nH]c2n1. The first-order valence-corrected chi connectivity index (χ1v) is 4.56. The lowest BCUT2D eigenvalue weighted by Crippen LogP contribution is -1.85. The van der Waals surface area contributed by atoms with Crippen molar-refractivity contribution in [3.8, 4) is 11.3 Å². The fourth-order valence-corrected chi connectivity index (χ4v) is 1.51. The average Bonchev–Trinajstić information content (AvgIpc) is 2.84. The van der Waals surface area contributed by atoms with E-state index in [9.17, 15) is 0 Å². The van der Waals surface area contributed by atoms with Crippen LogP contribution in [0, 0.1) is 6.92 Å². The standard InChI is InChI=1S/C10H8N4O/c1-6-8(5-15-14-6)9-3-2-7-4-11-13-10(7)12-9/h2-5H,1H3,(H,11,12,13). The molecule has 1 N–H and O–H groups in total. The number of aromatic nitrogens is 4. The highest BCUT2D eigenvalue weighted by molar-refractivity contribution is 5.77. The molecule has 0 radical (unpaired) electrons. The van der Waals surface area contributed by atoms with Gasteiger partial charge >= 0.3 is 0 Å². The van der Waals surface area contributed by atoms with Crippen LogP contribution in [0.3, 0.4) is 0 Å². The molecule has 0 saturated heterocycles. The van der Waals surface area contributed by atoms with Crippen LogP contribution in [0.4, 0.5) is 0 Å². The maximum absolute atomic E-state index is 4.88. The Balaban J connectivity index is 2.23. The summed E-state index contributed by atoms with van der Waals surface area (Å²) in [6.07, 6.45) is 3.34. The van der Waals surface area contributed by atoms with Crippen molar-refractivity contribution < 1.29 is 4.52 Å². The molecule has 0 amide bonds. The van der Waals surface area contributed by atoms with Gasteiger partial charge in [0.05, 0.1) is 23.1 Å². The van der Waals surface area contributed by atoms with Gasteiger partial charge in [-0.3, -0.25) is 5.10 Å². The minimum Gasteiger partial charge on any atom is -0.364 e. The van der Waals surface area contributed by atoms with E-state index in [1.54, 1.807) is 12.5 Å². The highest BCUT2D eigenvalue weighted by atomic mass is 16.5. The van der Waals surface area contributed by atoms with Crippen LogP contribution in [0.1, 0.15) is 5.69 Å². The number of pyridine rings is 1. The second-order valence-electron chi connectivity index (χ2n) is 3.32. The Labute approximate surface area is 85.1 Å². The molecule has 3 aromatic heterocycles. The Kier molecular flexibility index (Phi) is 1.58. The van der Waals surface area contributed by atoms with E-state index < -0.39 is 0 Å². The van der Waals surface area contributed by atoms with Crippen molar-refractivity contribution in [3.05, 3.63) is 30.3 Å². The van der Waals surface area contributed by atoms with E-state index in [0.717, 1.165) is 28.0 Å². The van der Waals surface area contributed by atoms with Gasteiger partial charge in [0.15, 0.2) is 5.65 Å². The zero-order valence-electron chi connectivity index (χ0n) is 8.06. The van der Waals surface area contributed by atoms with Crippen LogP contribution in [-0.2, 0) is 0 Å². The molecule has 0 aliphatic heterocycles. The van der Waals surface area contributed by atoms with Crippen LogP contribution in [0.2, 0.25) is 0 Å². The summed E-state index contributed by atoms with van der Waals surface area (Å²) in [4.78, 5) is 4.42. The quantitative estimate of drug-likeness (QED) is 0.651. The van der Waals surface area contributed by atoms with Crippen LogP contribution >= 0.6 is 0 Å². The summed E-state index contributed by atoms with van der Waals surface area (Å²) in [6.45, 7) is 1.89. The molecule has 0 unspecified atom stereocenters. The van der Waals surface area contributed by atoms with Gasteiger partial charge in [-0.05, 0) is 19.1 Å². The molecule has 15 heavy (non-hydrogen) atoms. The molecule has 5 heteroatoms. The third kappa shape index (κ3) is 1.20. The molecule has 0 fully saturated rings. The van der Waals surface area contributed by atoms with Crippen molar-refractivity contribution in [1.82, 2.24) is 20.3 Å². The topological polar surface area (TPSA) is 67.6 Å². The first-order chi connectivity index (χ1) is 7.34. The van der Waals surface area contributed by atoms with Crippen LogP contribution in [0.5, 0.6) is 0 Å². The largest absolute Gasteiger partial charge is 0.364 e. The fourth-order valence-electron chi connectivity index (χ4n) is 1.51. The molecule has 0 atom stereocenters. The third-order valence-corrected chi connectivity index (χ3v) is 2.33. The molecular weight excluding hydrogens is 192 g/mol. The van der Waals surface area contributed by atoms with Crippen molar-refractivity contribution >= 4 is 11.0 Å². The predicted octanol–water partition coefficient (Wildman–Crippen LogP) is 1.92. The van der Waals surface area contributed by atoms with E-state index in [4.69, 9.17) is 4.52 Å². The number of hydrogen-bond acceptors (Lipinski definition) is 4. The summed E-state index contributed by atoms with van der Waals surface area (Å²) in [5.74, 6) is 0. The van der Waals surface area contributed by atoms with Crippen molar-refractivity contribution in [1.29, 1.82) is 0 Å². The Morgan fingerprint density at radius 3 is 3.07 bits per heavy atom. The van der Waals surface area contributed by atoms with Gasteiger partial charge in [-0.25, -0.2) is 4.98 Å². The lowest BCUT2D eigenvalue weighted by Gasteiger charge is -1.96. The van der Waals surface area contributed by atoms with E-state index in [1.165, 1.54) is 0 Å². The highest BCUT2D eigenvalue weighted by Crippen LogP contribution is 2.22. The van der Waals surface area contributed by atoms with E-state index >= 15 is 0 Å². The monoisotopic (exact) mass is 200 g/mol. The maximum Gasteiger partial charge on any atom is 0.155 e. The van der Waals surface area contributed by atoms with Gasteiger partial charge in [-0.15, -0.1) is 0 Å². The number of nitrogens with one attached hydrogen (secondary N) is 1. The smallest absolute Gasteiger partial charge is 0.155 e. The number of H-pyrrole nitrogens is 1. The van der Waals surface area contributed by atoms with E-state index in [0.29, 0.717) is 0 Å². The summed E-state index contributed by atoms with van der Waals surface area (Å²) in [5.41, 5.74) is 3.35. The zero-order valence-corrected chi connectivity index (χ0v) is 8.06. The normalized spacial score (nSPS) is 11.0. The van der Waals surface area contributed by atoms with E-state index in [-0.39, 0.29) is 0 Å². The molecular formula is C10H8N4O. The Morgan fingerprint density at radius 2 is 2.27 bits per heavy atom. The van der Waals surface area contributed by atoms with Gasteiger partial charge in [0.2, 0.25) is 0 Å². The van der Waals surface area contributed by atoms with Crippen LogP contribution in [-0.4, -0.2) is 20.3 Å². The summed E-state index contributed by atoms with van der Waals surface area (Å²) >= 11 is 0. The highest BCUT2D eigenvalue weighted by Gasteiger charge is 2.08. The fraction of sp³-hybridized carbons (Fsp3) is 0.100. The lowest BCUT2D eigenvalue weighted by molar-refractivity contribution is 0.415. The van der Waals surface area contributed by atoms with Crippen molar-refractivity contribution in [3.63, 3.8) is 0 Å². The molecule has 74 valence electrons. The molecule has 3 heterocycles. The van der Waals surface area contributed by atoms with Crippen molar-refractivity contribution in [2.75, 3.05) is 0 Å². The average molecular weight is 200 g/mol. The predicted molar refractivity (Wildman–Crippen MR) is 54.1 cm³/mol. The number of rotatable bonds is 1. The summed E-state index contributed by atoms with van der Waals surface area (Å²) in [7, 11) is 0. The summed E-state index contributed by atoms with van der Waals surface area (Å²) in [6, 6.07) is 3.89. The maximum atomic E-state index is 4.88. The minimum atomic E-state index is 0.771. The Morgan fingerprint density at radius 1 is 1.33 bits per heavy atom. The Hall–Kier alpha value is -2.17. The summed E-state index contributed by atoms with van der Waals surface area (Å²) < 4.78 is 4.88. The first-order valence-electron chi connectivity index (χ1n) is 4.56. The number of hydrogen-bond donors (Lipinski definition) is 1. The lowest BCUT2D eigenvalue weighted by atomic mass is 10.1. The minimum absolute atomic E-state index is 0.771. The first kappa shape index (κ1) is 8.16. The van der Waals surface area contributed by atoms with Gasteiger partial charge in [0, 0.05) is 5.39 Å². The van der Waals surface area contributed by atoms with E-state index in [1.807, 2.05) is 19.1 Å². The molecule has 3 aromatic rings. The van der Waals surface area contributed by atoms with E-state index in [2.05, 4.69) is 20.3 Å². The second-order valence-corrected chi connectivity index (χ2v) is 3.32. The second kappa shape index (κ2) is 2.91. The van der Waals surface area contributed by atoms with Gasteiger partial charge in [-0.2, -0.15) is 5.10 Å². The molecule has 0 saturated carbocycles. The zero-order chi connectivity index (χ0) is 10.3. The van der Waals surface area contributed by atoms with Gasteiger partial charge in [0.1, 0.15) is 6.26 Å². The van der Waals surface area contributed by atoms with Crippen LogP contribution < -0.4 is 0 Å². The molecule has 0 spiro atoms. The number of aryl methyl sites for hydroxylation is 1. The molecule has 5 nitrogen and oxygen atoms in total. The molecule has 3 rings (SSSR count). The van der Waals surface area contributed by atoms with Crippen molar-refractivity contribution in [2.24, 2.45) is 0 Å². The number of nitrogens with zero attached hydrogens (tertiary/aromatic N) is 3. The third-order valence-electron chi connectivity index (χ3n) is 2.33. The molecule has 0 aromatic carbocycles. The van der Waals surface area contributed by atoms with Crippen molar-refractivity contribution in [2.45, 2.75) is 6.92 Å². The van der Waals surface area contributed by atoms with Crippen LogP contribution in [0.25, 0.3) is 22.3 Å². The number of aromatic amines is 1. The van der Waals surface area contributed by atoms with Crippen LogP contribution in [0.15, 0.2) is 29.1 Å². The summed E-state index contributed by atoms with van der Waals surface area (Å²) in [5, 5.41) is 11.6.